The molecule has 0 unspecified atom stereocenters. The summed E-state index contributed by atoms with van der Waals surface area (Å²) in [6.45, 7) is 0. The van der Waals surface area contributed by atoms with Crippen LogP contribution >= 0.6 is 0 Å². The molecule has 0 atom stereocenters. The van der Waals surface area contributed by atoms with E-state index >= 15 is 0 Å². The Morgan fingerprint density at radius 1 is 0.373 bits per heavy atom. The number of para-hydroxylation sites is 4. The lowest BCUT2D eigenvalue weighted by Gasteiger charge is -2.12. The van der Waals surface area contributed by atoms with E-state index in [4.69, 9.17) is 4.42 Å². The first kappa shape index (κ1) is 27.0. The molecule has 0 radical (unpaired) electrons. The quantitative estimate of drug-likeness (QED) is 0.183. The van der Waals surface area contributed by atoms with Crippen molar-refractivity contribution in [3.63, 3.8) is 0 Å². The van der Waals surface area contributed by atoms with Gasteiger partial charge in [0, 0.05) is 43.7 Å². The molecule has 3 aromatic heterocycles. The van der Waals surface area contributed by atoms with Crippen molar-refractivity contribution in [2.75, 3.05) is 0 Å². The topological polar surface area (TPSA) is 23.0 Å². The zero-order chi connectivity index (χ0) is 33.2. The van der Waals surface area contributed by atoms with Gasteiger partial charge >= 0.3 is 0 Å². The van der Waals surface area contributed by atoms with Crippen molar-refractivity contribution < 1.29 is 4.42 Å². The number of aromatic nitrogens is 2. The maximum atomic E-state index is 6.69. The predicted molar refractivity (Wildman–Crippen MR) is 212 cm³/mol. The molecule has 3 nitrogen and oxygen atoms in total. The van der Waals surface area contributed by atoms with Crippen LogP contribution in [0.3, 0.4) is 0 Å². The molecule has 4 heterocycles. The van der Waals surface area contributed by atoms with Gasteiger partial charge in [0.15, 0.2) is 0 Å². The molecule has 0 bridgehead atoms. The molecule has 8 aromatic carbocycles. The average molecular weight is 649 g/mol. The van der Waals surface area contributed by atoms with E-state index in [9.17, 15) is 0 Å². The van der Waals surface area contributed by atoms with E-state index in [-0.39, 0.29) is 0 Å². The van der Waals surface area contributed by atoms with Crippen molar-refractivity contribution in [2.24, 2.45) is 0 Å². The van der Waals surface area contributed by atoms with Crippen molar-refractivity contribution in [3.05, 3.63) is 170 Å². The van der Waals surface area contributed by atoms with Crippen molar-refractivity contribution in [1.29, 1.82) is 0 Å². The van der Waals surface area contributed by atoms with Gasteiger partial charge in [-0.3, -0.25) is 0 Å². The zero-order valence-electron chi connectivity index (χ0n) is 27.5. The van der Waals surface area contributed by atoms with Gasteiger partial charge in [0.2, 0.25) is 0 Å². The number of nitrogens with zero attached hydrogens (tertiary/aromatic N) is 2. The summed E-state index contributed by atoms with van der Waals surface area (Å²) in [5, 5.41) is 7.12. The molecule has 11 aromatic rings. The van der Waals surface area contributed by atoms with E-state index in [1.807, 2.05) is 6.07 Å². The SMILES string of the molecule is c1ccc(-n2c3ccc(-c4cc5c6c(c4)c4ccccc4n6-c4ccccc4-c4ccccc4-5)cc3c3c4oc5ccccc5c4ccc32)cc1. The maximum Gasteiger partial charge on any atom is 0.145 e. The number of rotatable bonds is 2. The summed E-state index contributed by atoms with van der Waals surface area (Å²) in [5.74, 6) is 0. The van der Waals surface area contributed by atoms with Crippen LogP contribution in [-0.2, 0) is 0 Å². The number of hydrogen-bond donors (Lipinski definition) is 0. The molecule has 0 saturated carbocycles. The fourth-order valence-electron chi connectivity index (χ4n) is 8.89. The van der Waals surface area contributed by atoms with E-state index in [0.29, 0.717) is 0 Å². The third-order valence-electron chi connectivity index (χ3n) is 11.0. The summed E-state index contributed by atoms with van der Waals surface area (Å²) in [6.07, 6.45) is 0. The Balaban J connectivity index is 1.21. The Morgan fingerprint density at radius 2 is 1.04 bits per heavy atom. The molecule has 1 aliphatic heterocycles. The van der Waals surface area contributed by atoms with Gasteiger partial charge in [-0.1, -0.05) is 103 Å². The van der Waals surface area contributed by atoms with Crippen molar-refractivity contribution >= 4 is 65.6 Å². The minimum Gasteiger partial charge on any atom is -0.455 e. The van der Waals surface area contributed by atoms with Gasteiger partial charge in [-0.05, 0) is 89.0 Å². The van der Waals surface area contributed by atoms with Crippen LogP contribution in [0.4, 0.5) is 0 Å². The van der Waals surface area contributed by atoms with Gasteiger partial charge in [-0.2, -0.15) is 0 Å². The largest absolute Gasteiger partial charge is 0.455 e. The van der Waals surface area contributed by atoms with Crippen LogP contribution in [-0.4, -0.2) is 9.13 Å². The summed E-state index contributed by atoms with van der Waals surface area (Å²) < 4.78 is 11.5. The van der Waals surface area contributed by atoms with Gasteiger partial charge in [0.25, 0.3) is 0 Å². The number of hydrogen-bond acceptors (Lipinski definition) is 1. The lowest BCUT2D eigenvalue weighted by molar-refractivity contribution is 0.673. The molecule has 0 N–H and O–H groups in total. The van der Waals surface area contributed by atoms with E-state index in [1.54, 1.807) is 0 Å². The first-order chi connectivity index (χ1) is 25.3. The van der Waals surface area contributed by atoms with Gasteiger partial charge in [0.05, 0.1) is 33.1 Å². The van der Waals surface area contributed by atoms with Crippen LogP contribution in [0.1, 0.15) is 0 Å². The van der Waals surface area contributed by atoms with Crippen LogP contribution in [0, 0.1) is 0 Å². The molecule has 51 heavy (non-hydrogen) atoms. The van der Waals surface area contributed by atoms with E-state index < -0.39 is 0 Å². The van der Waals surface area contributed by atoms with Crippen molar-refractivity contribution in [3.8, 4) is 44.8 Å². The van der Waals surface area contributed by atoms with E-state index in [2.05, 4.69) is 173 Å². The van der Waals surface area contributed by atoms with E-state index in [0.717, 1.165) is 44.0 Å². The molecule has 12 rings (SSSR count). The third kappa shape index (κ3) is 3.57. The molecule has 0 fully saturated rings. The van der Waals surface area contributed by atoms with Crippen LogP contribution in [0.15, 0.2) is 174 Å². The summed E-state index contributed by atoms with van der Waals surface area (Å²) in [6, 6.07) is 61.8. The number of furan rings is 1. The normalized spacial score (nSPS) is 12.3. The van der Waals surface area contributed by atoms with Crippen LogP contribution in [0.2, 0.25) is 0 Å². The monoisotopic (exact) mass is 648 g/mol. The van der Waals surface area contributed by atoms with Crippen LogP contribution < -0.4 is 0 Å². The summed E-state index contributed by atoms with van der Waals surface area (Å²) in [7, 11) is 0. The molecular formula is C48H28N2O. The first-order valence-electron chi connectivity index (χ1n) is 17.5. The van der Waals surface area contributed by atoms with E-state index in [1.165, 1.54) is 66.3 Å². The molecule has 0 spiro atoms. The summed E-state index contributed by atoms with van der Waals surface area (Å²) in [4.78, 5) is 0. The standard InChI is InChI=1S/C48H28N2O/c1-2-12-31(13-3-1)49-43-24-22-29(26-40(43)46-44(49)25-23-37-36-18-8-11-21-45(36)51-48(37)46)30-27-38-33-15-5-4-14-32(33)34-16-6-9-19-41(34)50-42-20-10-7-17-35(42)39(28-30)47(38)50/h1-28H. The first-order valence-corrected chi connectivity index (χ1v) is 17.5. The highest BCUT2D eigenvalue weighted by atomic mass is 16.3. The Morgan fingerprint density at radius 3 is 1.92 bits per heavy atom. The molecule has 1 aliphatic rings. The van der Waals surface area contributed by atoms with Gasteiger partial charge < -0.3 is 13.6 Å². The van der Waals surface area contributed by atoms with Crippen molar-refractivity contribution in [2.45, 2.75) is 0 Å². The lowest BCUT2D eigenvalue weighted by Crippen LogP contribution is -1.95. The zero-order valence-corrected chi connectivity index (χ0v) is 27.5. The summed E-state index contributed by atoms with van der Waals surface area (Å²) in [5.41, 5.74) is 16.3. The third-order valence-corrected chi connectivity index (χ3v) is 11.0. The molecule has 0 aliphatic carbocycles. The molecule has 0 amide bonds. The molecule has 3 heteroatoms. The second kappa shape index (κ2) is 9.87. The second-order valence-corrected chi connectivity index (χ2v) is 13.7. The van der Waals surface area contributed by atoms with Gasteiger partial charge in [0.1, 0.15) is 11.2 Å². The van der Waals surface area contributed by atoms with Crippen LogP contribution in [0.25, 0.3) is 110 Å². The molecular weight excluding hydrogens is 621 g/mol. The Kier molecular flexibility index (Phi) is 5.23. The lowest BCUT2D eigenvalue weighted by atomic mass is 9.91. The Labute approximate surface area is 292 Å². The van der Waals surface area contributed by atoms with Crippen LogP contribution in [0.5, 0.6) is 0 Å². The molecule has 0 saturated heterocycles. The van der Waals surface area contributed by atoms with Crippen molar-refractivity contribution in [1.82, 2.24) is 9.13 Å². The number of benzene rings is 8. The smallest absolute Gasteiger partial charge is 0.145 e. The minimum atomic E-state index is 0.911. The fourth-order valence-corrected chi connectivity index (χ4v) is 8.89. The fraction of sp³-hybridized carbons (Fsp3) is 0. The minimum absolute atomic E-state index is 0.911. The average Bonchev–Trinajstić information content (AvgIpc) is 3.82. The van der Waals surface area contributed by atoms with Gasteiger partial charge in [-0.15, -0.1) is 0 Å². The maximum absolute atomic E-state index is 6.69. The Bertz CT molecular complexity index is 3250. The Hall–Kier alpha value is -6.84. The highest BCUT2D eigenvalue weighted by Crippen LogP contribution is 2.49. The molecule has 236 valence electrons. The highest BCUT2D eigenvalue weighted by molar-refractivity contribution is 6.24. The summed E-state index contributed by atoms with van der Waals surface area (Å²) >= 11 is 0. The second-order valence-electron chi connectivity index (χ2n) is 13.7. The number of fused-ring (bicyclic) bond motifs is 15. The highest BCUT2D eigenvalue weighted by Gasteiger charge is 2.25. The van der Waals surface area contributed by atoms with Gasteiger partial charge in [-0.25, -0.2) is 0 Å². The predicted octanol–water partition coefficient (Wildman–Crippen LogP) is 13.1.